The number of aliphatic imine (C=N–C) groups is 1. The van der Waals surface area contributed by atoms with Crippen LogP contribution in [0.5, 0.6) is 11.5 Å². The SMILES string of the molecule is CC(=O)NC1=NC(=O)C(=Cc2cccc(Oc3ccccc3)c2)S1. The van der Waals surface area contributed by atoms with Crippen molar-refractivity contribution in [2.45, 2.75) is 6.92 Å². The van der Waals surface area contributed by atoms with Crippen molar-refractivity contribution < 1.29 is 14.3 Å². The van der Waals surface area contributed by atoms with Gasteiger partial charge in [0.2, 0.25) is 5.91 Å². The van der Waals surface area contributed by atoms with Gasteiger partial charge in [0.15, 0.2) is 5.17 Å². The number of thioether (sulfide) groups is 1. The molecule has 0 aliphatic carbocycles. The number of nitrogens with zero attached hydrogens (tertiary/aromatic N) is 1. The maximum atomic E-state index is 11.9. The first-order chi connectivity index (χ1) is 11.6. The number of carbonyl (C=O) groups excluding carboxylic acids is 2. The van der Waals surface area contributed by atoms with Crippen LogP contribution < -0.4 is 10.1 Å². The second-order valence-electron chi connectivity index (χ2n) is 5.00. The lowest BCUT2D eigenvalue weighted by molar-refractivity contribution is -0.117. The molecule has 0 bridgehead atoms. The summed E-state index contributed by atoms with van der Waals surface area (Å²) >= 11 is 1.14. The molecule has 0 unspecified atom stereocenters. The summed E-state index contributed by atoms with van der Waals surface area (Å²) in [6, 6.07) is 16.9. The zero-order valence-corrected chi connectivity index (χ0v) is 13.7. The molecule has 0 radical (unpaired) electrons. The van der Waals surface area contributed by atoms with Gasteiger partial charge in [-0.3, -0.25) is 9.59 Å². The summed E-state index contributed by atoms with van der Waals surface area (Å²) in [5.74, 6) is 0.797. The number of rotatable bonds is 3. The number of carbonyl (C=O) groups is 2. The summed E-state index contributed by atoms with van der Waals surface area (Å²) in [4.78, 5) is 27.2. The lowest BCUT2D eigenvalue weighted by atomic mass is 10.2. The number of benzene rings is 2. The molecule has 2 aromatic rings. The number of ether oxygens (including phenoxy) is 1. The number of amidine groups is 1. The summed E-state index contributed by atoms with van der Waals surface area (Å²) in [7, 11) is 0. The van der Waals surface area contributed by atoms with E-state index in [0.717, 1.165) is 23.1 Å². The molecule has 0 saturated carbocycles. The summed E-state index contributed by atoms with van der Waals surface area (Å²) < 4.78 is 5.78. The standard InChI is InChI=1S/C18H14N2O3S/c1-12(21)19-18-20-17(22)16(24-18)11-13-6-5-9-15(10-13)23-14-7-3-2-4-8-14/h2-11H,1H3,(H,19,20,21,22). The van der Waals surface area contributed by atoms with Crippen LogP contribution in [0.25, 0.3) is 6.08 Å². The summed E-state index contributed by atoms with van der Waals surface area (Å²) in [6.45, 7) is 1.37. The van der Waals surface area contributed by atoms with Crippen LogP contribution in [-0.2, 0) is 9.59 Å². The molecule has 2 amide bonds. The molecule has 2 aromatic carbocycles. The third-order valence-electron chi connectivity index (χ3n) is 3.04. The minimum Gasteiger partial charge on any atom is -0.457 e. The first-order valence-corrected chi connectivity index (χ1v) is 8.05. The van der Waals surface area contributed by atoms with Gasteiger partial charge in [-0.2, -0.15) is 4.99 Å². The van der Waals surface area contributed by atoms with E-state index in [0.29, 0.717) is 15.8 Å². The van der Waals surface area contributed by atoms with Gasteiger partial charge < -0.3 is 10.1 Å². The van der Waals surface area contributed by atoms with Crippen LogP contribution in [0, 0.1) is 0 Å². The monoisotopic (exact) mass is 338 g/mol. The minimum absolute atomic E-state index is 0.256. The quantitative estimate of drug-likeness (QED) is 0.869. The third kappa shape index (κ3) is 4.11. The van der Waals surface area contributed by atoms with Gasteiger partial charge in [0.05, 0.1) is 4.91 Å². The molecule has 24 heavy (non-hydrogen) atoms. The summed E-state index contributed by atoms with van der Waals surface area (Å²) in [6.07, 6.45) is 1.73. The number of hydrogen-bond acceptors (Lipinski definition) is 4. The van der Waals surface area contributed by atoms with E-state index >= 15 is 0 Å². The van der Waals surface area contributed by atoms with E-state index in [1.54, 1.807) is 6.08 Å². The van der Waals surface area contributed by atoms with Crippen molar-refractivity contribution in [3.63, 3.8) is 0 Å². The zero-order chi connectivity index (χ0) is 16.9. The molecule has 1 heterocycles. The highest BCUT2D eigenvalue weighted by Gasteiger charge is 2.22. The molecule has 120 valence electrons. The van der Waals surface area contributed by atoms with Crippen molar-refractivity contribution in [3.05, 3.63) is 65.1 Å². The van der Waals surface area contributed by atoms with Crippen LogP contribution >= 0.6 is 11.8 Å². The first kappa shape index (κ1) is 16.0. The molecule has 6 heteroatoms. The van der Waals surface area contributed by atoms with Crippen LogP contribution in [-0.4, -0.2) is 17.0 Å². The Bertz CT molecular complexity index is 844. The normalized spacial score (nSPS) is 15.3. The molecule has 1 N–H and O–H groups in total. The van der Waals surface area contributed by atoms with Gasteiger partial charge in [-0.15, -0.1) is 0 Å². The number of para-hydroxylation sites is 1. The highest BCUT2D eigenvalue weighted by atomic mass is 32.2. The van der Waals surface area contributed by atoms with Crippen LogP contribution in [0.15, 0.2) is 64.5 Å². The second-order valence-corrected chi connectivity index (χ2v) is 6.03. The van der Waals surface area contributed by atoms with E-state index in [2.05, 4.69) is 10.3 Å². The minimum atomic E-state index is -0.363. The highest BCUT2D eigenvalue weighted by molar-refractivity contribution is 8.18. The van der Waals surface area contributed by atoms with Crippen LogP contribution in [0.4, 0.5) is 0 Å². The molecule has 0 fully saturated rings. The third-order valence-corrected chi connectivity index (χ3v) is 3.94. The lowest BCUT2D eigenvalue weighted by Gasteiger charge is -2.06. The van der Waals surface area contributed by atoms with E-state index < -0.39 is 0 Å². The Balaban J connectivity index is 1.75. The van der Waals surface area contributed by atoms with Gasteiger partial charge in [0.25, 0.3) is 5.91 Å². The molecular formula is C18H14N2O3S. The zero-order valence-electron chi connectivity index (χ0n) is 12.9. The topological polar surface area (TPSA) is 67.8 Å². The van der Waals surface area contributed by atoms with Gasteiger partial charge >= 0.3 is 0 Å². The van der Waals surface area contributed by atoms with E-state index in [1.807, 2.05) is 54.6 Å². The number of amides is 2. The van der Waals surface area contributed by atoms with Crippen LogP contribution in [0.3, 0.4) is 0 Å². The predicted octanol–water partition coefficient (Wildman–Crippen LogP) is 3.59. The number of nitrogens with one attached hydrogen (secondary N) is 1. The average molecular weight is 338 g/mol. The molecular weight excluding hydrogens is 324 g/mol. The molecule has 1 aliphatic rings. The van der Waals surface area contributed by atoms with Crippen molar-refractivity contribution in [1.82, 2.24) is 5.32 Å². The van der Waals surface area contributed by atoms with Gasteiger partial charge in [0.1, 0.15) is 11.5 Å². The summed E-state index contributed by atoms with van der Waals surface area (Å²) in [5, 5.41) is 2.82. The largest absolute Gasteiger partial charge is 0.457 e. The average Bonchev–Trinajstić information content (AvgIpc) is 2.87. The molecule has 0 aromatic heterocycles. The summed E-state index contributed by atoms with van der Waals surface area (Å²) in [5.41, 5.74) is 0.818. The predicted molar refractivity (Wildman–Crippen MR) is 94.8 cm³/mol. The molecule has 3 rings (SSSR count). The van der Waals surface area contributed by atoms with Gasteiger partial charge in [-0.05, 0) is 47.7 Å². The van der Waals surface area contributed by atoms with Crippen molar-refractivity contribution in [1.29, 1.82) is 0 Å². The van der Waals surface area contributed by atoms with E-state index in [1.165, 1.54) is 6.92 Å². The lowest BCUT2D eigenvalue weighted by Crippen LogP contribution is -2.23. The van der Waals surface area contributed by atoms with Crippen molar-refractivity contribution in [2.24, 2.45) is 4.99 Å². The smallest absolute Gasteiger partial charge is 0.286 e. The Morgan fingerprint density at radius 2 is 1.88 bits per heavy atom. The Morgan fingerprint density at radius 3 is 2.62 bits per heavy atom. The second kappa shape index (κ2) is 7.14. The molecule has 5 nitrogen and oxygen atoms in total. The molecule has 0 spiro atoms. The van der Waals surface area contributed by atoms with Crippen LogP contribution in [0.1, 0.15) is 12.5 Å². The fraction of sp³-hybridized carbons (Fsp3) is 0.0556. The van der Waals surface area contributed by atoms with Crippen molar-refractivity contribution in [3.8, 4) is 11.5 Å². The number of hydrogen-bond donors (Lipinski definition) is 1. The molecule has 0 atom stereocenters. The highest BCUT2D eigenvalue weighted by Crippen LogP contribution is 2.29. The van der Waals surface area contributed by atoms with E-state index in [4.69, 9.17) is 4.74 Å². The maximum Gasteiger partial charge on any atom is 0.286 e. The van der Waals surface area contributed by atoms with Crippen molar-refractivity contribution >= 4 is 34.8 Å². The fourth-order valence-electron chi connectivity index (χ4n) is 2.06. The van der Waals surface area contributed by atoms with Crippen molar-refractivity contribution in [2.75, 3.05) is 0 Å². The van der Waals surface area contributed by atoms with Gasteiger partial charge in [-0.25, -0.2) is 0 Å². The van der Waals surface area contributed by atoms with Gasteiger partial charge in [0, 0.05) is 6.92 Å². The Hall–Kier alpha value is -2.86. The molecule has 0 saturated heterocycles. The Morgan fingerprint density at radius 1 is 1.12 bits per heavy atom. The van der Waals surface area contributed by atoms with Crippen LogP contribution in [0.2, 0.25) is 0 Å². The Labute approximate surface area is 143 Å². The molecule has 1 aliphatic heterocycles. The maximum absolute atomic E-state index is 11.9. The van der Waals surface area contributed by atoms with E-state index in [9.17, 15) is 9.59 Å². The Kier molecular flexibility index (Phi) is 4.77. The van der Waals surface area contributed by atoms with Gasteiger partial charge in [-0.1, -0.05) is 30.3 Å². The van der Waals surface area contributed by atoms with E-state index in [-0.39, 0.29) is 11.8 Å². The first-order valence-electron chi connectivity index (χ1n) is 7.23. The fourth-order valence-corrected chi connectivity index (χ4v) is 2.92.